The van der Waals surface area contributed by atoms with Crippen molar-refractivity contribution in [3.63, 3.8) is 0 Å². The van der Waals surface area contributed by atoms with Gasteiger partial charge in [0.05, 0.1) is 0 Å². The standard InChI is InChI=1S/C39H53NO2S.C27H37NO3S3/c1-3-5-6-7-8-9-10-11-12-13-14-15-16-17-18-19-20-26-39(41)42-38-25-21-23-34-33-35(27-28-37(34)38)40(30-4-2)31-29-36-24-22-32-43-36;1-27(14-19-33-34-27)13-3-2-9-26(30)31-17-16-28(15-12-23-7-5-18-32-23)22-10-11-24-21(20-22)6-4-8-25(24)29/h5-6,8-9,11-12,14-15,17-18,21-25,32,35H,3-4,7,10,13,16,19-20,26-31,33H2,1-2H3;4-8,18,22,29H,2-3,9-17,19-20H2,1H3/b6-5-,9-8-,12-11-,15-14-,18-17-;/t35-;22-,27+/m00/s1. The molecule has 0 unspecified atom stereocenters. The highest BCUT2D eigenvalue weighted by atomic mass is 33.1. The first-order chi connectivity index (χ1) is 37.7. The number of benzene rings is 2. The van der Waals surface area contributed by atoms with Crippen LogP contribution in [0.25, 0.3) is 0 Å². The summed E-state index contributed by atoms with van der Waals surface area (Å²) in [4.78, 5) is 33.0. The smallest absolute Gasteiger partial charge is 0.311 e. The molecule has 3 heterocycles. The van der Waals surface area contributed by atoms with E-state index < -0.39 is 0 Å². The van der Waals surface area contributed by atoms with Gasteiger partial charge in [0, 0.05) is 64.8 Å². The lowest BCUT2D eigenvalue weighted by Crippen LogP contribution is -2.42. The number of esters is 2. The van der Waals surface area contributed by atoms with E-state index in [1.54, 1.807) is 17.4 Å². The van der Waals surface area contributed by atoms with E-state index in [4.69, 9.17) is 9.47 Å². The third-order valence-corrected chi connectivity index (χ3v) is 20.2. The van der Waals surface area contributed by atoms with Gasteiger partial charge < -0.3 is 14.6 Å². The number of rotatable bonds is 32. The molecule has 7 nitrogen and oxygen atoms in total. The van der Waals surface area contributed by atoms with E-state index in [1.165, 1.54) is 51.5 Å². The number of phenolic OH excluding ortho intramolecular Hbond substituents is 1. The maximum absolute atomic E-state index is 12.6. The van der Waals surface area contributed by atoms with Crippen LogP contribution in [0.4, 0.5) is 0 Å². The number of hydrogen-bond acceptors (Lipinski definition) is 11. The monoisotopic (exact) mass is 1120 g/mol. The van der Waals surface area contributed by atoms with Crippen molar-refractivity contribution in [1.29, 1.82) is 0 Å². The number of thiophene rings is 2. The fourth-order valence-corrected chi connectivity index (χ4v) is 15.3. The highest BCUT2D eigenvalue weighted by Gasteiger charge is 2.30. The quantitative estimate of drug-likeness (QED) is 0.0169. The zero-order valence-corrected chi connectivity index (χ0v) is 50.0. The Morgan fingerprint density at radius 1 is 0.662 bits per heavy atom. The number of allylic oxidation sites excluding steroid dienone is 10. The molecule has 0 bridgehead atoms. The normalized spacial score (nSPS) is 18.5. The number of ether oxygens (including phenoxy) is 2. The minimum atomic E-state index is -0.119. The van der Waals surface area contributed by atoms with Crippen LogP contribution in [0.5, 0.6) is 11.5 Å². The molecule has 4 aromatic rings. The van der Waals surface area contributed by atoms with Crippen LogP contribution in [0, 0.1) is 0 Å². The summed E-state index contributed by atoms with van der Waals surface area (Å²) in [5, 5.41) is 14.5. The van der Waals surface area contributed by atoms with Crippen LogP contribution in [0.15, 0.2) is 132 Å². The molecule has 3 aliphatic rings. The van der Waals surface area contributed by atoms with Crippen LogP contribution in [0.1, 0.15) is 156 Å². The van der Waals surface area contributed by atoms with Gasteiger partial charge in [-0.05, 0) is 193 Å². The first-order valence-electron chi connectivity index (χ1n) is 29.1. The molecule has 11 heteroatoms. The van der Waals surface area contributed by atoms with Gasteiger partial charge in [-0.25, -0.2) is 0 Å². The number of nitrogens with zero attached hydrogens (tertiary/aromatic N) is 2. The van der Waals surface area contributed by atoms with Crippen LogP contribution >= 0.6 is 44.3 Å². The second-order valence-electron chi connectivity index (χ2n) is 20.9. The third-order valence-electron chi connectivity index (χ3n) is 14.9. The number of carbonyl (C=O) groups excluding carboxylic acids is 2. The lowest BCUT2D eigenvalue weighted by Gasteiger charge is -2.35. The Bertz CT molecular complexity index is 2440. The molecule has 1 fully saturated rings. The molecule has 77 heavy (non-hydrogen) atoms. The average Bonchev–Trinajstić information content (AvgIpc) is 4.26. The van der Waals surface area contributed by atoms with Crippen molar-refractivity contribution >= 4 is 56.2 Å². The summed E-state index contributed by atoms with van der Waals surface area (Å²) in [5.41, 5.74) is 4.94. The summed E-state index contributed by atoms with van der Waals surface area (Å²) in [7, 11) is 4.00. The van der Waals surface area contributed by atoms with Gasteiger partial charge in [-0.1, -0.05) is 139 Å². The minimum absolute atomic E-state index is 0.0595. The van der Waals surface area contributed by atoms with Crippen molar-refractivity contribution < 1.29 is 24.2 Å². The van der Waals surface area contributed by atoms with Crippen molar-refractivity contribution in [1.82, 2.24) is 9.80 Å². The molecular formula is C66H90N2O5S4. The van der Waals surface area contributed by atoms with Gasteiger partial charge in [0.25, 0.3) is 0 Å². The van der Waals surface area contributed by atoms with Crippen molar-refractivity contribution in [2.24, 2.45) is 0 Å². The lowest BCUT2D eigenvalue weighted by molar-refractivity contribution is -0.144. The molecule has 7 rings (SSSR count). The van der Waals surface area contributed by atoms with Gasteiger partial charge in [0.1, 0.15) is 18.1 Å². The topological polar surface area (TPSA) is 79.3 Å². The Balaban J connectivity index is 0.000000256. The zero-order valence-electron chi connectivity index (χ0n) is 46.8. The predicted molar refractivity (Wildman–Crippen MR) is 332 cm³/mol. The molecule has 3 atom stereocenters. The van der Waals surface area contributed by atoms with Gasteiger partial charge in [-0.2, -0.15) is 0 Å². The second-order valence-corrected chi connectivity index (χ2v) is 26.0. The summed E-state index contributed by atoms with van der Waals surface area (Å²) < 4.78 is 11.9. The number of fused-ring (bicyclic) bond motifs is 2. The molecule has 1 saturated heterocycles. The molecule has 2 aliphatic carbocycles. The van der Waals surface area contributed by atoms with E-state index in [0.717, 1.165) is 147 Å². The fraction of sp³-hybridized carbons (Fsp3) is 0.515. The van der Waals surface area contributed by atoms with Gasteiger partial charge >= 0.3 is 11.9 Å². The Labute approximate surface area is 480 Å². The number of unbranched alkanes of at least 4 members (excludes halogenated alkanes) is 2. The summed E-state index contributed by atoms with van der Waals surface area (Å²) in [6.07, 6.45) is 43.6. The summed E-state index contributed by atoms with van der Waals surface area (Å²) in [6.45, 7) is 11.2. The molecule has 418 valence electrons. The molecule has 1 aliphatic heterocycles. The van der Waals surface area contributed by atoms with E-state index in [-0.39, 0.29) is 11.9 Å². The van der Waals surface area contributed by atoms with Gasteiger partial charge in [-0.15, -0.1) is 22.7 Å². The van der Waals surface area contributed by atoms with Gasteiger partial charge in [-0.3, -0.25) is 19.4 Å². The van der Waals surface area contributed by atoms with E-state index in [2.05, 4.69) is 145 Å². The van der Waals surface area contributed by atoms with Crippen LogP contribution in [0.3, 0.4) is 0 Å². The van der Waals surface area contributed by atoms with Crippen molar-refractivity contribution in [2.45, 2.75) is 179 Å². The van der Waals surface area contributed by atoms with Crippen LogP contribution in [0.2, 0.25) is 0 Å². The third kappa shape index (κ3) is 23.3. The Hall–Kier alpha value is -4.10. The molecule has 1 N–H and O–H groups in total. The maximum atomic E-state index is 12.6. The summed E-state index contributed by atoms with van der Waals surface area (Å²) in [5.74, 6) is 2.27. The van der Waals surface area contributed by atoms with Gasteiger partial charge in [0.2, 0.25) is 0 Å². The Kier molecular flexibility index (Phi) is 29.2. The van der Waals surface area contributed by atoms with Crippen molar-refractivity contribution in [2.75, 3.05) is 38.5 Å². The van der Waals surface area contributed by atoms with E-state index >= 15 is 0 Å². The predicted octanol–water partition coefficient (Wildman–Crippen LogP) is 16.9. The summed E-state index contributed by atoms with van der Waals surface area (Å²) >= 11 is 3.66. The van der Waals surface area contributed by atoms with E-state index in [9.17, 15) is 14.7 Å². The first kappa shape index (κ1) is 62.1. The lowest BCUT2D eigenvalue weighted by atomic mass is 9.86. The second kappa shape index (κ2) is 36.2. The molecule has 0 amide bonds. The molecule has 0 saturated carbocycles. The number of hydrogen-bond donors (Lipinski definition) is 1. The van der Waals surface area contributed by atoms with E-state index in [0.29, 0.717) is 42.0 Å². The zero-order chi connectivity index (χ0) is 54.2. The molecule has 2 aromatic heterocycles. The average molecular weight is 1120 g/mol. The van der Waals surface area contributed by atoms with Gasteiger partial charge in [0.15, 0.2) is 0 Å². The maximum Gasteiger partial charge on any atom is 0.311 e. The number of aromatic hydroxyl groups is 1. The summed E-state index contributed by atoms with van der Waals surface area (Å²) in [6, 6.07) is 21.8. The number of phenols is 1. The molecular weight excluding hydrogens is 1030 g/mol. The largest absolute Gasteiger partial charge is 0.508 e. The van der Waals surface area contributed by atoms with Crippen LogP contribution in [-0.4, -0.2) is 82.2 Å². The number of carbonyl (C=O) groups is 2. The SMILES string of the molecule is CC/C=C\C/C=C\C/C=C\C/C=C\C/C=C\CCCC(=O)Oc1cccc2c1CC[C@H](N(CCC)CCc1cccs1)C2.C[C@@]1(CCCCC(=O)OCCN(CCc2cccs2)[C@H]2CCc3c(O)cccc3C2)CCSS1. The first-order valence-corrected chi connectivity index (χ1v) is 33.2. The van der Waals surface area contributed by atoms with Crippen LogP contribution in [-0.2, 0) is 52.9 Å². The molecule has 0 radical (unpaired) electrons. The highest BCUT2D eigenvalue weighted by Crippen LogP contribution is 2.49. The van der Waals surface area contributed by atoms with Crippen molar-refractivity contribution in [3.8, 4) is 11.5 Å². The van der Waals surface area contributed by atoms with Crippen molar-refractivity contribution in [3.05, 3.63) is 164 Å². The highest BCUT2D eigenvalue weighted by molar-refractivity contribution is 8.77. The fourth-order valence-electron chi connectivity index (χ4n) is 10.6. The Morgan fingerprint density at radius 3 is 1.84 bits per heavy atom. The minimum Gasteiger partial charge on any atom is -0.508 e. The molecule has 0 spiro atoms. The van der Waals surface area contributed by atoms with E-state index in [1.807, 2.05) is 45.1 Å². The molecule has 2 aromatic carbocycles. The Morgan fingerprint density at radius 2 is 1.25 bits per heavy atom. The van der Waals surface area contributed by atoms with Crippen LogP contribution < -0.4 is 4.74 Å².